The molecule has 107 heavy (non-hydrogen) atoms. The maximum Gasteiger partial charge on any atom is 0.281 e. The van der Waals surface area contributed by atoms with Gasteiger partial charge in [0.2, 0.25) is 0 Å². The van der Waals surface area contributed by atoms with E-state index >= 15 is 0 Å². The fourth-order valence-corrected chi connectivity index (χ4v) is 16.8. The molecule has 9 heterocycles. The van der Waals surface area contributed by atoms with Gasteiger partial charge < -0.3 is 40.2 Å². The first-order valence-electron chi connectivity index (χ1n) is 34.8. The number of aryl methyl sites for hydroxylation is 1. The third kappa shape index (κ3) is 18.9. The Morgan fingerprint density at radius 2 is 1.07 bits per heavy atom. The fraction of sp³-hybridized carbons (Fsp3) is 0.338. The molecule has 6 aromatic heterocycles. The summed E-state index contributed by atoms with van der Waals surface area (Å²) in [5.74, 6) is 1.01. The number of carbonyl (C=O) groups is 3. The highest BCUT2D eigenvalue weighted by atomic mass is 32.2. The van der Waals surface area contributed by atoms with Crippen molar-refractivity contribution in [2.24, 2.45) is 17.8 Å². The lowest BCUT2D eigenvalue weighted by atomic mass is 9.97. The minimum atomic E-state index is -4.39. The summed E-state index contributed by atoms with van der Waals surface area (Å²) >= 11 is 0. The highest BCUT2D eigenvalue weighted by Gasteiger charge is 2.43. The molecule has 0 bridgehead atoms. The molecule has 0 saturated carbocycles. The van der Waals surface area contributed by atoms with Crippen molar-refractivity contribution in [3.05, 3.63) is 209 Å². The molecule has 0 radical (unpaired) electrons. The van der Waals surface area contributed by atoms with Crippen molar-refractivity contribution in [1.29, 1.82) is 0 Å². The number of hydrogen-bond acceptors (Lipinski definition) is 22. The number of carbonyl (C=O) groups excluding carboxylic acids is 3. The monoisotopic (exact) mass is 1520 g/mol. The zero-order valence-electron chi connectivity index (χ0n) is 61.4. The molecule has 30 heteroatoms. The highest BCUT2D eigenvalue weighted by molar-refractivity contribution is 7.90. The van der Waals surface area contributed by atoms with Gasteiger partial charge in [-0.05, 0) is 214 Å². The summed E-state index contributed by atoms with van der Waals surface area (Å²) in [6, 6.07) is 40.9. The van der Waals surface area contributed by atoms with Gasteiger partial charge in [0.15, 0.2) is 9.92 Å². The van der Waals surface area contributed by atoms with E-state index in [0.29, 0.717) is 90.8 Å². The van der Waals surface area contributed by atoms with Crippen LogP contribution in [-0.2, 0) is 30.1 Å². The van der Waals surface area contributed by atoms with Gasteiger partial charge in [0.1, 0.15) is 57.9 Å². The Bertz CT molecular complexity index is 5170. The number of amides is 3. The van der Waals surface area contributed by atoms with Crippen LogP contribution in [0.3, 0.4) is 0 Å². The molecule has 0 spiro atoms. The van der Waals surface area contributed by atoms with Gasteiger partial charge in [-0.25, -0.2) is 60.3 Å². The molecule has 3 aliphatic heterocycles. The number of nitrogens with zero attached hydrogens (tertiary/aromatic N) is 8. The van der Waals surface area contributed by atoms with Crippen LogP contribution < -0.4 is 54.9 Å². The summed E-state index contributed by atoms with van der Waals surface area (Å²) in [6.45, 7) is 25.9. The van der Waals surface area contributed by atoms with Crippen molar-refractivity contribution in [3.63, 3.8) is 0 Å². The molecule has 564 valence electrons. The average molecular weight is 1520 g/mol. The molecule has 3 amide bonds. The minimum absolute atomic E-state index is 0.0648. The lowest BCUT2D eigenvalue weighted by Crippen LogP contribution is -2.41. The first-order chi connectivity index (χ1) is 50.6. The number of para-hydroxylation sites is 1. The predicted molar refractivity (Wildman–Crippen MR) is 409 cm³/mol. The largest absolute Gasteiger partial charge is 0.494 e. The third-order valence-corrected chi connectivity index (χ3v) is 22.3. The fourth-order valence-electron chi connectivity index (χ4n) is 13.8. The van der Waals surface area contributed by atoms with Crippen LogP contribution in [-0.4, -0.2) is 129 Å². The number of benzene rings is 3. The number of sulfonamides is 3. The molecule has 7 N–H and O–H groups in total. The van der Waals surface area contributed by atoms with E-state index in [1.54, 1.807) is 54.7 Å². The number of aromatic nitrogens is 6. The van der Waals surface area contributed by atoms with Crippen molar-refractivity contribution in [1.82, 2.24) is 44.1 Å². The van der Waals surface area contributed by atoms with E-state index < -0.39 is 64.1 Å². The smallest absolute Gasteiger partial charge is 0.281 e. The number of nitrogens with one attached hydrogen (secondary N) is 5. The molecule has 3 aliphatic rings. The van der Waals surface area contributed by atoms with Crippen LogP contribution in [0.5, 0.6) is 11.5 Å². The average Bonchev–Trinajstić information content (AvgIpc) is 1.68. The number of nitrogen functional groups attached to an aromatic ring is 1. The molecule has 9 aromatic rings. The Balaban J connectivity index is 0.000000172. The molecule has 12 rings (SSSR count). The van der Waals surface area contributed by atoms with Crippen LogP contribution >= 0.6 is 0 Å². The number of pyridine rings is 6. The van der Waals surface area contributed by atoms with E-state index in [0.717, 1.165) is 54.5 Å². The lowest BCUT2D eigenvalue weighted by molar-refractivity contribution is 0.0972. The SMILES string of the molecule is CC1CN(c2ncccc2C(=O)NS(=O)(=O)c2cccc(NCCOc3ccccc3)n2)C(C)(C)C1.CCOc1ccc(-c2ccc(C(=O)NS(=O)(=O)c3ccc[nH]c3=O)c(N3C[C@@H](C)CC3(C)C)n2)cc1.Cc1ccc(F)c(-c2ccc(C(=O)NS(=O)(=O)c3cccnc3N)c(N3C[C@@H](C)CC3(C)C)n2)c1. The number of hydrogen-bond donors (Lipinski definition) is 6. The summed E-state index contributed by atoms with van der Waals surface area (Å²) in [6.07, 6.45) is 6.98. The molecule has 1 unspecified atom stereocenters. The van der Waals surface area contributed by atoms with Gasteiger partial charge in [-0.15, -0.1) is 0 Å². The number of aromatic amines is 1. The third-order valence-electron chi connectivity index (χ3n) is 18.4. The molecule has 3 aromatic carbocycles. The number of ether oxygens (including phenoxy) is 2. The first-order valence-corrected chi connectivity index (χ1v) is 39.3. The van der Waals surface area contributed by atoms with Gasteiger partial charge in [-0.3, -0.25) is 19.2 Å². The Kier molecular flexibility index (Phi) is 23.9. The van der Waals surface area contributed by atoms with Gasteiger partial charge in [-0.1, -0.05) is 56.7 Å². The van der Waals surface area contributed by atoms with E-state index in [1.165, 1.54) is 54.9 Å². The topological polar surface area (TPSA) is 353 Å². The number of halogens is 1. The zero-order chi connectivity index (χ0) is 77.4. The van der Waals surface area contributed by atoms with E-state index in [1.807, 2.05) is 96.8 Å². The van der Waals surface area contributed by atoms with Gasteiger partial charge in [0.05, 0.1) is 41.2 Å². The molecule has 3 atom stereocenters. The minimum Gasteiger partial charge on any atom is -0.494 e. The second-order valence-corrected chi connectivity index (χ2v) is 33.6. The van der Waals surface area contributed by atoms with Crippen molar-refractivity contribution < 1.29 is 53.5 Å². The van der Waals surface area contributed by atoms with Crippen LogP contribution in [0.2, 0.25) is 0 Å². The molecule has 3 fully saturated rings. The molecule has 3 saturated heterocycles. The predicted octanol–water partition coefficient (Wildman–Crippen LogP) is 11.2. The quantitative estimate of drug-likeness (QED) is 0.0364. The van der Waals surface area contributed by atoms with Gasteiger partial charge >= 0.3 is 0 Å². The Labute approximate surface area is 623 Å². The highest BCUT2D eigenvalue weighted by Crippen LogP contribution is 2.42. The normalized spacial score (nSPS) is 17.2. The summed E-state index contributed by atoms with van der Waals surface area (Å²) in [7, 11) is -12.9. The van der Waals surface area contributed by atoms with Crippen LogP contribution in [0, 0.1) is 30.5 Å². The van der Waals surface area contributed by atoms with Crippen LogP contribution in [0.1, 0.15) is 125 Å². The van der Waals surface area contributed by atoms with Crippen molar-refractivity contribution >= 4 is 76.9 Å². The Morgan fingerprint density at radius 1 is 0.561 bits per heavy atom. The summed E-state index contributed by atoms with van der Waals surface area (Å²) in [5.41, 5.74) is 7.44. The van der Waals surface area contributed by atoms with Crippen molar-refractivity contribution in [3.8, 4) is 34.0 Å². The van der Waals surface area contributed by atoms with Gasteiger partial charge in [0, 0.05) is 66.0 Å². The van der Waals surface area contributed by atoms with E-state index in [9.17, 15) is 48.8 Å². The van der Waals surface area contributed by atoms with E-state index in [2.05, 4.69) is 88.1 Å². The molecule has 0 aliphatic carbocycles. The maximum absolute atomic E-state index is 14.7. The lowest BCUT2D eigenvalue weighted by Gasteiger charge is -2.34. The second-order valence-electron chi connectivity index (χ2n) is 28.7. The zero-order valence-corrected chi connectivity index (χ0v) is 63.9. The number of anilines is 5. The second kappa shape index (κ2) is 32.5. The summed E-state index contributed by atoms with van der Waals surface area (Å²) in [4.78, 5) is 81.2. The Hall–Kier alpha value is -10.9. The van der Waals surface area contributed by atoms with Crippen LogP contribution in [0.15, 0.2) is 190 Å². The van der Waals surface area contributed by atoms with Gasteiger partial charge in [0.25, 0.3) is 53.4 Å². The maximum atomic E-state index is 14.7. The van der Waals surface area contributed by atoms with E-state index in [4.69, 9.17) is 25.2 Å². The van der Waals surface area contributed by atoms with E-state index in [-0.39, 0.29) is 49.0 Å². The number of rotatable bonds is 21. The Morgan fingerprint density at radius 3 is 1.64 bits per heavy atom. The number of H-pyrrole nitrogens is 1. The van der Waals surface area contributed by atoms with Crippen molar-refractivity contribution in [2.75, 3.05) is 65.1 Å². The first kappa shape index (κ1) is 78.7. The molecular weight excluding hydrogens is 1430 g/mol. The summed E-state index contributed by atoms with van der Waals surface area (Å²) < 4.78 is 110. The number of nitrogens with two attached hydrogens (primary N) is 1. The standard InChI is InChI=1S/C26H31N5O4S.C26H30N4O5S.C25H28FN5O3S/c1-19-17-26(2,3)31(18-19)24-21(11-8-14-28-24)25(32)30-36(33,34)23-13-7-12-22(29-23)27-15-16-35-20-9-5-4-6-10-20;1-5-35-19-10-8-18(9-11-19)21-13-12-20(23(28-21)30-16-17(2)15-26(30,3)4)24(31)29-36(33,34)22-7-6-14-27-25(22)32;1-15-7-9-19(26)18(12-15)20-10-8-17(23(29-20)31-14-16(2)13-25(31,3)4)24(32)30-35(33,34)21-6-5-11-28-22(21)27/h4-14,19H,15-18H2,1-3H3,(H,27,29)(H,30,32);6-14,17H,5,15-16H2,1-4H3,(H,27,32)(H,29,31);5-12,16H,13-14H2,1-4H3,(H2,27,28)(H,30,32)/t;17-;16-/m.00/s1. The summed E-state index contributed by atoms with van der Waals surface area (Å²) in [5, 5.41) is 2.78. The molecule has 26 nitrogen and oxygen atoms in total. The van der Waals surface area contributed by atoms with Gasteiger partial charge in [-0.2, -0.15) is 8.42 Å². The van der Waals surface area contributed by atoms with Crippen LogP contribution in [0.4, 0.5) is 33.5 Å². The molecular formula is C77H89FN14O12S3. The van der Waals surface area contributed by atoms with Crippen LogP contribution in [0.25, 0.3) is 22.5 Å². The van der Waals surface area contributed by atoms with Crippen molar-refractivity contribution in [2.45, 2.75) is 127 Å².